The molecule has 0 heterocycles. The highest BCUT2D eigenvalue weighted by molar-refractivity contribution is 5.69. The Balaban J connectivity index is 3.35. The van der Waals surface area contributed by atoms with E-state index in [-0.39, 0.29) is 0 Å². The molecule has 0 radical (unpaired) electrons. The number of nitrogens with zero attached hydrogens (tertiary/aromatic N) is 2. The molecule has 3 heteroatoms. The SMILES string of the molecule is C\C=C/N=C\N=C\N. The van der Waals surface area contributed by atoms with Crippen molar-refractivity contribution in [2.24, 2.45) is 15.7 Å². The van der Waals surface area contributed by atoms with Crippen LogP contribution in [0.25, 0.3) is 0 Å². The van der Waals surface area contributed by atoms with Crippen LogP contribution in [-0.4, -0.2) is 12.7 Å². The molecule has 2 N–H and O–H groups in total. The lowest BCUT2D eigenvalue weighted by molar-refractivity contribution is 1.51. The highest BCUT2D eigenvalue weighted by Crippen LogP contribution is 1.68. The maximum atomic E-state index is 4.90. The number of hydrogen-bond acceptors (Lipinski definition) is 1. The van der Waals surface area contributed by atoms with Crippen LogP contribution in [-0.2, 0) is 0 Å². The smallest absolute Gasteiger partial charge is 0.117 e. The Bertz CT molecular complexity index is 98.8. The summed E-state index contributed by atoms with van der Waals surface area (Å²) in [6, 6.07) is 0. The second-order valence-corrected chi connectivity index (χ2v) is 1.05. The van der Waals surface area contributed by atoms with E-state index >= 15 is 0 Å². The summed E-state index contributed by atoms with van der Waals surface area (Å²) in [6.45, 7) is 1.88. The summed E-state index contributed by atoms with van der Waals surface area (Å²) in [7, 11) is 0. The zero-order valence-corrected chi connectivity index (χ0v) is 4.78. The number of aliphatic imine (C=N–C) groups is 2. The molecule has 0 aliphatic carbocycles. The lowest BCUT2D eigenvalue weighted by Crippen LogP contribution is -1.86. The van der Waals surface area contributed by atoms with Crippen LogP contribution in [0.5, 0.6) is 0 Å². The highest BCUT2D eigenvalue weighted by Gasteiger charge is 1.55. The molecule has 0 spiro atoms. The van der Waals surface area contributed by atoms with Crippen LogP contribution in [0.4, 0.5) is 0 Å². The average Bonchev–Trinajstić information content (AvgIpc) is 1.81. The molecule has 0 rings (SSSR count). The highest BCUT2D eigenvalue weighted by atomic mass is 14.9. The topological polar surface area (TPSA) is 50.7 Å². The van der Waals surface area contributed by atoms with Gasteiger partial charge in [-0.05, 0) is 6.92 Å². The van der Waals surface area contributed by atoms with Gasteiger partial charge in [-0.1, -0.05) is 6.08 Å². The summed E-state index contributed by atoms with van der Waals surface area (Å²) in [6.07, 6.45) is 6.00. The zero-order chi connectivity index (χ0) is 6.24. The first-order valence-corrected chi connectivity index (χ1v) is 2.28. The fourth-order valence-electron chi connectivity index (χ4n) is 0.202. The van der Waals surface area contributed by atoms with Gasteiger partial charge in [0.15, 0.2) is 0 Å². The molecule has 0 aromatic rings. The van der Waals surface area contributed by atoms with Crippen molar-refractivity contribution in [1.29, 1.82) is 0 Å². The Morgan fingerprint density at radius 3 is 2.62 bits per heavy atom. The van der Waals surface area contributed by atoms with E-state index in [2.05, 4.69) is 9.98 Å². The summed E-state index contributed by atoms with van der Waals surface area (Å²) in [4.78, 5) is 7.22. The summed E-state index contributed by atoms with van der Waals surface area (Å²) >= 11 is 0. The summed E-state index contributed by atoms with van der Waals surface area (Å²) in [5.41, 5.74) is 4.90. The zero-order valence-electron chi connectivity index (χ0n) is 4.78. The van der Waals surface area contributed by atoms with Gasteiger partial charge in [-0.15, -0.1) is 0 Å². The molecule has 3 nitrogen and oxygen atoms in total. The lowest BCUT2D eigenvalue weighted by Gasteiger charge is -1.69. The first kappa shape index (κ1) is 6.88. The Morgan fingerprint density at radius 2 is 2.12 bits per heavy atom. The van der Waals surface area contributed by atoms with E-state index in [0.717, 1.165) is 0 Å². The fourth-order valence-corrected chi connectivity index (χ4v) is 0.202. The second-order valence-electron chi connectivity index (χ2n) is 1.05. The molecule has 0 unspecified atom stereocenters. The summed E-state index contributed by atoms with van der Waals surface area (Å²) in [5, 5.41) is 0. The number of rotatable bonds is 2. The largest absolute Gasteiger partial charge is 0.390 e. The second kappa shape index (κ2) is 5.88. The van der Waals surface area contributed by atoms with Gasteiger partial charge >= 0.3 is 0 Å². The van der Waals surface area contributed by atoms with E-state index in [1.54, 1.807) is 6.20 Å². The van der Waals surface area contributed by atoms with Gasteiger partial charge in [-0.2, -0.15) is 0 Å². The van der Waals surface area contributed by atoms with E-state index in [4.69, 9.17) is 5.73 Å². The number of allylic oxidation sites excluding steroid dienone is 1. The van der Waals surface area contributed by atoms with Gasteiger partial charge in [-0.3, -0.25) is 0 Å². The third-order valence-electron chi connectivity index (χ3n) is 0.455. The molecule has 8 heavy (non-hydrogen) atoms. The van der Waals surface area contributed by atoms with Crippen LogP contribution >= 0.6 is 0 Å². The number of hydrogen-bond donors (Lipinski definition) is 1. The third kappa shape index (κ3) is 4.88. The van der Waals surface area contributed by atoms with Gasteiger partial charge in [0.25, 0.3) is 0 Å². The average molecular weight is 111 g/mol. The molecule has 0 aliphatic rings. The molecule has 0 bridgehead atoms. The molecule has 0 fully saturated rings. The Kier molecular flexibility index (Phi) is 5.06. The van der Waals surface area contributed by atoms with Gasteiger partial charge in [0.05, 0.1) is 6.34 Å². The predicted molar refractivity (Wildman–Crippen MR) is 36.0 cm³/mol. The van der Waals surface area contributed by atoms with E-state index in [0.29, 0.717) is 0 Å². The van der Waals surface area contributed by atoms with Gasteiger partial charge in [-0.25, -0.2) is 9.98 Å². The predicted octanol–water partition coefficient (Wildman–Crippen LogP) is 0.535. The lowest BCUT2D eigenvalue weighted by atomic mass is 10.7. The third-order valence-corrected chi connectivity index (χ3v) is 0.455. The standard InChI is InChI=1S/C5H9N3/c1-2-3-7-5-8-4-6/h2-5H,1H3,(H2,6,7,8)/b3-2-. The maximum Gasteiger partial charge on any atom is 0.117 e. The molecule has 44 valence electrons. The van der Waals surface area contributed by atoms with Crippen molar-refractivity contribution < 1.29 is 0 Å². The van der Waals surface area contributed by atoms with Crippen molar-refractivity contribution in [2.45, 2.75) is 6.92 Å². The van der Waals surface area contributed by atoms with Crippen molar-refractivity contribution in [2.75, 3.05) is 0 Å². The number of nitrogens with two attached hydrogens (primary N) is 1. The van der Waals surface area contributed by atoms with Crippen molar-refractivity contribution in [1.82, 2.24) is 0 Å². The molecule has 0 aliphatic heterocycles. The monoisotopic (exact) mass is 111 g/mol. The van der Waals surface area contributed by atoms with E-state index in [1.807, 2.05) is 13.0 Å². The molecule has 0 amide bonds. The van der Waals surface area contributed by atoms with Crippen LogP contribution < -0.4 is 5.73 Å². The van der Waals surface area contributed by atoms with Gasteiger partial charge in [0.2, 0.25) is 0 Å². The molecule has 0 aromatic carbocycles. The van der Waals surface area contributed by atoms with Gasteiger partial charge < -0.3 is 5.73 Å². The van der Waals surface area contributed by atoms with Crippen molar-refractivity contribution in [3.05, 3.63) is 12.3 Å². The molecular weight excluding hydrogens is 102 g/mol. The molecule has 0 saturated heterocycles. The van der Waals surface area contributed by atoms with Gasteiger partial charge in [0.1, 0.15) is 6.34 Å². The normalized spacial score (nSPS) is 12.6. The first-order chi connectivity index (χ1) is 3.91. The van der Waals surface area contributed by atoms with Crippen LogP contribution in [0.3, 0.4) is 0 Å². The minimum atomic E-state index is 1.19. The maximum absolute atomic E-state index is 4.90. The van der Waals surface area contributed by atoms with Crippen LogP contribution in [0.15, 0.2) is 22.3 Å². The molecule has 0 saturated carbocycles. The Labute approximate surface area is 48.6 Å². The quantitative estimate of drug-likeness (QED) is 0.410. The summed E-state index contributed by atoms with van der Waals surface area (Å²) < 4.78 is 0. The minimum absolute atomic E-state index is 1.19. The minimum Gasteiger partial charge on any atom is -0.390 e. The van der Waals surface area contributed by atoms with Crippen molar-refractivity contribution in [3.63, 3.8) is 0 Å². The van der Waals surface area contributed by atoms with E-state index in [9.17, 15) is 0 Å². The summed E-state index contributed by atoms with van der Waals surface area (Å²) in [5.74, 6) is 0. The van der Waals surface area contributed by atoms with Crippen molar-refractivity contribution in [3.8, 4) is 0 Å². The molecular formula is C5H9N3. The van der Waals surface area contributed by atoms with Crippen LogP contribution in [0.1, 0.15) is 6.92 Å². The van der Waals surface area contributed by atoms with E-state index in [1.165, 1.54) is 12.7 Å². The Morgan fingerprint density at radius 1 is 1.38 bits per heavy atom. The fraction of sp³-hybridized carbons (Fsp3) is 0.200. The van der Waals surface area contributed by atoms with Crippen LogP contribution in [0, 0.1) is 0 Å². The van der Waals surface area contributed by atoms with E-state index < -0.39 is 0 Å². The molecule has 0 atom stereocenters. The first-order valence-electron chi connectivity index (χ1n) is 2.28. The van der Waals surface area contributed by atoms with Crippen molar-refractivity contribution >= 4 is 12.7 Å². The Hall–Kier alpha value is -1.12. The molecule has 0 aromatic heterocycles. The van der Waals surface area contributed by atoms with Gasteiger partial charge in [0, 0.05) is 6.20 Å². The van der Waals surface area contributed by atoms with Crippen LogP contribution in [0.2, 0.25) is 0 Å².